The highest BCUT2D eigenvalue weighted by Crippen LogP contribution is 2.38. The second-order valence-electron chi connectivity index (χ2n) is 10.3. The van der Waals surface area contributed by atoms with Gasteiger partial charge >= 0.3 is 6.09 Å². The zero-order chi connectivity index (χ0) is 27.2. The summed E-state index contributed by atoms with van der Waals surface area (Å²) >= 11 is 0. The van der Waals surface area contributed by atoms with Crippen molar-refractivity contribution in [2.45, 2.75) is 32.9 Å². The molecule has 2 heterocycles. The number of rotatable bonds is 4. The number of nitriles is 1. The van der Waals surface area contributed by atoms with Gasteiger partial charge in [-0.1, -0.05) is 49.0 Å². The van der Waals surface area contributed by atoms with Gasteiger partial charge < -0.3 is 15.4 Å². The highest BCUT2D eigenvalue weighted by molar-refractivity contribution is 6.06. The fourth-order valence-electron chi connectivity index (χ4n) is 4.71. The Labute approximate surface area is 220 Å². The topological polar surface area (TPSA) is 114 Å². The Hall–Kier alpha value is -4.90. The van der Waals surface area contributed by atoms with E-state index < -0.39 is 11.7 Å². The summed E-state index contributed by atoms with van der Waals surface area (Å²) in [6, 6.07) is 20.9. The number of nitrogens with zero attached hydrogens (tertiary/aromatic N) is 4. The van der Waals surface area contributed by atoms with Crippen molar-refractivity contribution >= 4 is 28.6 Å². The van der Waals surface area contributed by atoms with Crippen LogP contribution in [0.2, 0.25) is 0 Å². The lowest BCUT2D eigenvalue weighted by molar-refractivity contribution is 0.0523. The molecule has 5 rings (SSSR count). The molecule has 1 aliphatic rings. The summed E-state index contributed by atoms with van der Waals surface area (Å²) in [6.07, 6.45) is -0.565. The van der Waals surface area contributed by atoms with Crippen LogP contribution in [0.5, 0.6) is 0 Å². The van der Waals surface area contributed by atoms with Crippen LogP contribution in [0.25, 0.3) is 33.3 Å². The summed E-state index contributed by atoms with van der Waals surface area (Å²) in [6.45, 7) is 9.60. The van der Waals surface area contributed by atoms with Gasteiger partial charge in [-0.2, -0.15) is 15.0 Å². The van der Waals surface area contributed by atoms with Gasteiger partial charge in [-0.15, -0.1) is 0 Å². The van der Waals surface area contributed by atoms with Crippen molar-refractivity contribution in [1.82, 2.24) is 14.7 Å². The van der Waals surface area contributed by atoms with E-state index in [-0.39, 0.29) is 12.5 Å². The monoisotopic (exact) mass is 505 g/mol. The molecular formula is C30H27N5O3. The van der Waals surface area contributed by atoms with Crippen LogP contribution in [-0.4, -0.2) is 38.8 Å². The zero-order valence-electron chi connectivity index (χ0n) is 21.5. The number of carbonyl (C=O) groups is 2. The average molecular weight is 506 g/mol. The smallest absolute Gasteiger partial charge is 0.435 e. The summed E-state index contributed by atoms with van der Waals surface area (Å²) in [5.41, 5.74) is 11.3. The Morgan fingerprint density at radius 3 is 2.55 bits per heavy atom. The van der Waals surface area contributed by atoms with Gasteiger partial charge in [0.1, 0.15) is 11.3 Å². The molecule has 0 aliphatic carbocycles. The number of benzene rings is 3. The molecule has 4 aromatic rings. The third-order valence-corrected chi connectivity index (χ3v) is 6.34. The lowest BCUT2D eigenvalue weighted by Crippen LogP contribution is -2.27. The fourth-order valence-corrected chi connectivity index (χ4v) is 4.71. The molecule has 1 aromatic heterocycles. The number of hydrogen-bond donors (Lipinski definition) is 1. The molecule has 0 atom stereocenters. The Kier molecular flexibility index (Phi) is 6.00. The first-order valence-electron chi connectivity index (χ1n) is 12.2. The second-order valence-corrected chi connectivity index (χ2v) is 10.3. The van der Waals surface area contributed by atoms with E-state index >= 15 is 0 Å². The number of hydrogen-bond acceptors (Lipinski definition) is 6. The lowest BCUT2D eigenvalue weighted by Gasteiger charge is -2.19. The molecule has 3 aromatic carbocycles. The van der Waals surface area contributed by atoms with Crippen molar-refractivity contribution in [1.29, 1.82) is 5.26 Å². The molecule has 0 fully saturated rings. The van der Waals surface area contributed by atoms with Gasteiger partial charge in [0.05, 0.1) is 23.7 Å². The zero-order valence-corrected chi connectivity index (χ0v) is 21.5. The summed E-state index contributed by atoms with van der Waals surface area (Å²) in [5.74, 6) is -0.223. The molecule has 0 saturated heterocycles. The second kappa shape index (κ2) is 9.20. The Bertz CT molecular complexity index is 1660. The number of ether oxygens (including phenoxy) is 1. The minimum absolute atomic E-state index is 0.142. The van der Waals surface area contributed by atoms with Crippen molar-refractivity contribution in [3.63, 3.8) is 0 Å². The first-order chi connectivity index (χ1) is 18.1. The maximum Gasteiger partial charge on any atom is 0.435 e. The van der Waals surface area contributed by atoms with E-state index in [1.165, 1.54) is 4.68 Å². The van der Waals surface area contributed by atoms with E-state index in [0.717, 1.165) is 27.6 Å². The first kappa shape index (κ1) is 24.8. The number of amides is 1. The van der Waals surface area contributed by atoms with Gasteiger partial charge in [0.2, 0.25) is 0 Å². The van der Waals surface area contributed by atoms with E-state index in [1.807, 2.05) is 81.4 Å². The third kappa shape index (κ3) is 4.39. The van der Waals surface area contributed by atoms with Gasteiger partial charge in [-0.05, 0) is 55.7 Å². The molecule has 190 valence electrons. The maximum absolute atomic E-state index is 13.1. The lowest BCUT2D eigenvalue weighted by atomic mass is 9.94. The Morgan fingerprint density at radius 2 is 1.87 bits per heavy atom. The number of nitrogen functional groups attached to an aromatic ring is 1. The first-order valence-corrected chi connectivity index (χ1v) is 12.2. The standard InChI is InChI=1S/C30H27N5O3/c1-18(15-31)16-34-17-23-21(11-12-24(32)26(23)28(34)36)20-10-13-25-22(14-20)27(19-8-6-5-7-9-19)33-35(25)29(37)38-30(2,3)4/h5-14H,1,16-17,32H2,2-4H3. The predicted molar refractivity (Wildman–Crippen MR) is 146 cm³/mol. The fraction of sp³-hybridized carbons (Fsp3) is 0.200. The van der Waals surface area contributed by atoms with Crippen molar-refractivity contribution in [2.75, 3.05) is 12.3 Å². The largest absolute Gasteiger partial charge is 0.442 e. The van der Waals surface area contributed by atoms with Gasteiger partial charge in [-0.3, -0.25) is 4.79 Å². The third-order valence-electron chi connectivity index (χ3n) is 6.34. The molecule has 8 nitrogen and oxygen atoms in total. The predicted octanol–water partition coefficient (Wildman–Crippen LogP) is 5.77. The van der Waals surface area contributed by atoms with Crippen LogP contribution in [0.3, 0.4) is 0 Å². The van der Waals surface area contributed by atoms with Gasteiger partial charge in [0.15, 0.2) is 0 Å². The molecule has 0 bridgehead atoms. The van der Waals surface area contributed by atoms with Crippen molar-refractivity contribution in [3.05, 3.63) is 83.9 Å². The van der Waals surface area contributed by atoms with Crippen LogP contribution in [0.1, 0.15) is 36.7 Å². The van der Waals surface area contributed by atoms with E-state index in [0.29, 0.717) is 34.6 Å². The van der Waals surface area contributed by atoms with Crippen molar-refractivity contribution in [2.24, 2.45) is 0 Å². The van der Waals surface area contributed by atoms with Crippen LogP contribution in [0.15, 0.2) is 72.8 Å². The summed E-state index contributed by atoms with van der Waals surface area (Å²) < 4.78 is 6.90. The maximum atomic E-state index is 13.1. The molecule has 8 heteroatoms. The van der Waals surface area contributed by atoms with Gasteiger partial charge in [-0.25, -0.2) is 4.79 Å². The summed E-state index contributed by atoms with van der Waals surface area (Å²) in [4.78, 5) is 27.7. The van der Waals surface area contributed by atoms with E-state index in [1.54, 1.807) is 11.0 Å². The number of nitrogens with two attached hydrogens (primary N) is 1. The molecule has 1 amide bonds. The number of anilines is 1. The normalized spacial score (nSPS) is 12.9. The quantitative estimate of drug-likeness (QED) is 0.278. The minimum Gasteiger partial charge on any atom is -0.442 e. The highest BCUT2D eigenvalue weighted by Gasteiger charge is 2.32. The van der Waals surface area contributed by atoms with Crippen molar-refractivity contribution < 1.29 is 14.3 Å². The van der Waals surface area contributed by atoms with Gasteiger partial charge in [0, 0.05) is 28.8 Å². The van der Waals surface area contributed by atoms with E-state index in [9.17, 15) is 9.59 Å². The number of fused-ring (bicyclic) bond motifs is 2. The molecule has 0 saturated carbocycles. The van der Waals surface area contributed by atoms with Crippen LogP contribution < -0.4 is 5.73 Å². The number of aromatic nitrogens is 2. The molecule has 1 aliphatic heterocycles. The Morgan fingerprint density at radius 1 is 1.13 bits per heavy atom. The van der Waals surface area contributed by atoms with Crippen LogP contribution in [-0.2, 0) is 11.3 Å². The molecule has 0 spiro atoms. The minimum atomic E-state index is -0.679. The van der Waals surface area contributed by atoms with Crippen molar-refractivity contribution in [3.8, 4) is 28.5 Å². The summed E-state index contributed by atoms with van der Waals surface area (Å²) in [7, 11) is 0. The molecule has 0 unspecified atom stereocenters. The molecule has 2 N–H and O–H groups in total. The molecule has 38 heavy (non-hydrogen) atoms. The van der Waals surface area contributed by atoms with Crippen LogP contribution in [0.4, 0.5) is 10.5 Å². The molecule has 0 radical (unpaired) electrons. The molecular weight excluding hydrogens is 478 g/mol. The SMILES string of the molecule is C=C(C#N)CN1Cc2c(-c3ccc4c(c3)c(-c3ccccc3)nn4C(=O)OC(C)(C)C)ccc(N)c2C1=O. The highest BCUT2D eigenvalue weighted by atomic mass is 16.6. The Balaban J connectivity index is 1.66. The van der Waals surface area contributed by atoms with Crippen LogP contribution in [0, 0.1) is 11.3 Å². The van der Waals surface area contributed by atoms with E-state index in [4.69, 9.17) is 15.7 Å². The van der Waals surface area contributed by atoms with Crippen LogP contribution >= 0.6 is 0 Å². The summed E-state index contributed by atoms with van der Waals surface area (Å²) in [5, 5.41) is 14.6. The average Bonchev–Trinajstić information content (AvgIpc) is 3.42. The number of carbonyl (C=O) groups excluding carboxylic acids is 2. The van der Waals surface area contributed by atoms with E-state index in [2.05, 4.69) is 11.7 Å². The van der Waals surface area contributed by atoms with Gasteiger partial charge in [0.25, 0.3) is 5.91 Å².